The van der Waals surface area contributed by atoms with Crippen LogP contribution in [0.4, 0.5) is 17.1 Å². The molecule has 0 radical (unpaired) electrons. The summed E-state index contributed by atoms with van der Waals surface area (Å²) in [6, 6.07) is 15.4. The van der Waals surface area contributed by atoms with Gasteiger partial charge in [-0.1, -0.05) is 28.1 Å². The number of fused-ring (bicyclic) bond motifs is 1. The number of halogens is 1. The van der Waals surface area contributed by atoms with Crippen molar-refractivity contribution >= 4 is 53.9 Å². The van der Waals surface area contributed by atoms with Crippen LogP contribution in [0.5, 0.6) is 0 Å². The zero-order chi connectivity index (χ0) is 16.6. The molecule has 3 rings (SSSR count). The first kappa shape index (κ1) is 15.8. The van der Waals surface area contributed by atoms with Crippen LogP contribution in [0.25, 0.3) is 10.8 Å². The monoisotopic (exact) mass is 392 g/mol. The molecule has 0 aliphatic carbocycles. The molecule has 3 aromatic carbocycles. The fraction of sp³-hybridized carbons (Fsp3) is 0. The van der Waals surface area contributed by atoms with Crippen molar-refractivity contribution in [3.8, 4) is 0 Å². The van der Waals surface area contributed by atoms with Crippen LogP contribution in [0.1, 0.15) is 0 Å². The number of hydrogen-bond acceptors (Lipinski definition) is 4. The first-order chi connectivity index (χ1) is 10.8. The van der Waals surface area contributed by atoms with E-state index in [0.29, 0.717) is 16.8 Å². The smallest absolute Gasteiger partial charge is 0.294 e. The Morgan fingerprint density at radius 3 is 2.35 bits per heavy atom. The molecule has 0 atom stereocenters. The van der Waals surface area contributed by atoms with Gasteiger partial charge in [0, 0.05) is 15.5 Å². The average Bonchev–Trinajstić information content (AvgIpc) is 2.51. The van der Waals surface area contributed by atoms with Gasteiger partial charge in [-0.25, -0.2) is 0 Å². The number of nitrogen functional groups attached to an aromatic ring is 1. The maximum Gasteiger partial charge on any atom is 0.294 e. The minimum absolute atomic E-state index is 0.149. The van der Waals surface area contributed by atoms with Gasteiger partial charge in [-0.2, -0.15) is 8.42 Å². The van der Waals surface area contributed by atoms with Crippen LogP contribution in [-0.4, -0.2) is 13.0 Å². The normalized spacial score (nSPS) is 11.6. The predicted octanol–water partition coefficient (Wildman–Crippen LogP) is 4.17. The van der Waals surface area contributed by atoms with Crippen molar-refractivity contribution in [1.82, 2.24) is 0 Å². The fourth-order valence-electron chi connectivity index (χ4n) is 2.30. The van der Waals surface area contributed by atoms with Crippen molar-refractivity contribution in [2.75, 3.05) is 11.1 Å². The predicted molar refractivity (Wildman–Crippen MR) is 95.6 cm³/mol. The third-order valence-electron chi connectivity index (χ3n) is 3.43. The van der Waals surface area contributed by atoms with Crippen molar-refractivity contribution < 1.29 is 13.0 Å². The number of benzene rings is 3. The van der Waals surface area contributed by atoms with Crippen LogP contribution in [0.2, 0.25) is 0 Å². The molecule has 0 heterocycles. The van der Waals surface area contributed by atoms with Gasteiger partial charge < -0.3 is 11.1 Å². The third-order valence-corrected chi connectivity index (χ3v) is 4.81. The van der Waals surface area contributed by atoms with Crippen LogP contribution >= 0.6 is 15.9 Å². The lowest BCUT2D eigenvalue weighted by molar-refractivity contribution is 0.483. The zero-order valence-electron chi connectivity index (χ0n) is 11.8. The van der Waals surface area contributed by atoms with E-state index in [-0.39, 0.29) is 4.90 Å². The summed E-state index contributed by atoms with van der Waals surface area (Å²) in [6.07, 6.45) is 0. The molecule has 0 saturated heterocycles. The van der Waals surface area contributed by atoms with E-state index in [9.17, 15) is 8.42 Å². The number of anilines is 3. The topological polar surface area (TPSA) is 92.4 Å². The van der Waals surface area contributed by atoms with Gasteiger partial charge in [-0.15, -0.1) is 0 Å². The molecule has 0 spiro atoms. The highest BCUT2D eigenvalue weighted by atomic mass is 79.9. The van der Waals surface area contributed by atoms with Gasteiger partial charge in [0.1, 0.15) is 0 Å². The molecular weight excluding hydrogens is 380 g/mol. The van der Waals surface area contributed by atoms with Gasteiger partial charge in [0.05, 0.1) is 16.3 Å². The Bertz CT molecular complexity index is 986. The van der Waals surface area contributed by atoms with Crippen LogP contribution in [0.15, 0.2) is 64.0 Å². The Labute approximate surface area is 142 Å². The molecule has 0 bridgehead atoms. The molecule has 5 nitrogen and oxygen atoms in total. The first-order valence-corrected chi connectivity index (χ1v) is 8.90. The molecule has 118 valence electrons. The van der Waals surface area contributed by atoms with Gasteiger partial charge in [-0.3, -0.25) is 4.55 Å². The van der Waals surface area contributed by atoms with Crippen LogP contribution < -0.4 is 11.1 Å². The second kappa shape index (κ2) is 5.84. The molecule has 3 aromatic rings. The Kier molecular flexibility index (Phi) is 4.01. The highest BCUT2D eigenvalue weighted by molar-refractivity contribution is 9.10. The van der Waals surface area contributed by atoms with Crippen molar-refractivity contribution in [2.24, 2.45) is 0 Å². The molecule has 4 N–H and O–H groups in total. The highest BCUT2D eigenvalue weighted by Crippen LogP contribution is 2.33. The highest BCUT2D eigenvalue weighted by Gasteiger charge is 2.12. The van der Waals surface area contributed by atoms with E-state index in [2.05, 4.69) is 21.2 Å². The number of hydrogen-bond donors (Lipinski definition) is 3. The summed E-state index contributed by atoms with van der Waals surface area (Å²) >= 11 is 3.38. The second-order valence-electron chi connectivity index (χ2n) is 5.02. The molecule has 0 unspecified atom stereocenters. The quantitative estimate of drug-likeness (QED) is 0.459. The summed E-state index contributed by atoms with van der Waals surface area (Å²) in [4.78, 5) is -0.149. The summed E-state index contributed by atoms with van der Waals surface area (Å²) in [5.74, 6) is 0. The summed E-state index contributed by atoms with van der Waals surface area (Å²) < 4.78 is 32.6. The largest absolute Gasteiger partial charge is 0.397 e. The van der Waals surface area contributed by atoms with E-state index in [1.165, 1.54) is 12.1 Å². The minimum atomic E-state index is -4.24. The first-order valence-electron chi connectivity index (χ1n) is 6.67. The lowest BCUT2D eigenvalue weighted by Gasteiger charge is -2.13. The summed E-state index contributed by atoms with van der Waals surface area (Å²) in [7, 11) is -4.24. The Balaban J connectivity index is 2.12. The SMILES string of the molecule is Nc1ccc2cc(S(=O)(=O)O)ccc2c1Nc1ccc(Br)cc1. The fourth-order valence-corrected chi connectivity index (χ4v) is 3.08. The number of nitrogens with two attached hydrogens (primary N) is 1. The van der Waals surface area contributed by atoms with Crippen molar-refractivity contribution in [2.45, 2.75) is 4.90 Å². The number of nitrogens with one attached hydrogen (secondary N) is 1. The Morgan fingerprint density at radius 1 is 1.00 bits per heavy atom. The Morgan fingerprint density at radius 2 is 1.70 bits per heavy atom. The van der Waals surface area contributed by atoms with Gasteiger partial charge in [0.25, 0.3) is 10.1 Å². The summed E-state index contributed by atoms with van der Waals surface area (Å²) in [5, 5.41) is 4.67. The standard InChI is InChI=1S/C16H13BrN2O3S/c17-11-2-4-12(5-3-11)19-16-14-7-6-13(23(20,21)22)9-10(14)1-8-15(16)18/h1-9,19H,18H2,(H,20,21,22). The van der Waals surface area contributed by atoms with Crippen LogP contribution in [-0.2, 0) is 10.1 Å². The van der Waals surface area contributed by atoms with Crippen LogP contribution in [0, 0.1) is 0 Å². The van der Waals surface area contributed by atoms with Gasteiger partial charge in [0.2, 0.25) is 0 Å². The van der Waals surface area contributed by atoms with Crippen molar-refractivity contribution in [3.63, 3.8) is 0 Å². The van der Waals surface area contributed by atoms with Gasteiger partial charge in [-0.05, 0) is 47.9 Å². The average molecular weight is 393 g/mol. The lowest BCUT2D eigenvalue weighted by atomic mass is 10.1. The molecule has 7 heteroatoms. The number of rotatable bonds is 3. The molecule has 0 amide bonds. The Hall–Kier alpha value is -2.09. The minimum Gasteiger partial charge on any atom is -0.397 e. The molecule has 23 heavy (non-hydrogen) atoms. The van der Waals surface area contributed by atoms with Crippen LogP contribution in [0.3, 0.4) is 0 Å². The zero-order valence-corrected chi connectivity index (χ0v) is 14.2. The lowest BCUT2D eigenvalue weighted by Crippen LogP contribution is -2.00. The van der Waals surface area contributed by atoms with Crippen molar-refractivity contribution in [3.05, 3.63) is 59.1 Å². The molecule has 0 fully saturated rings. The second-order valence-corrected chi connectivity index (χ2v) is 7.36. The summed E-state index contributed by atoms with van der Waals surface area (Å²) in [5.41, 5.74) is 8.13. The maximum atomic E-state index is 11.3. The van der Waals surface area contributed by atoms with E-state index in [1.807, 2.05) is 24.3 Å². The van der Waals surface area contributed by atoms with Crippen molar-refractivity contribution in [1.29, 1.82) is 0 Å². The summed E-state index contributed by atoms with van der Waals surface area (Å²) in [6.45, 7) is 0. The molecule has 0 saturated carbocycles. The third kappa shape index (κ3) is 3.31. The molecule has 0 aliphatic rings. The van der Waals surface area contributed by atoms with E-state index in [1.54, 1.807) is 18.2 Å². The van der Waals surface area contributed by atoms with E-state index >= 15 is 0 Å². The molecule has 0 aliphatic heterocycles. The van der Waals surface area contributed by atoms with E-state index in [4.69, 9.17) is 10.3 Å². The van der Waals surface area contributed by atoms with Gasteiger partial charge in [0.15, 0.2) is 0 Å². The maximum absolute atomic E-state index is 11.3. The molecular formula is C16H13BrN2O3S. The van der Waals surface area contributed by atoms with E-state index < -0.39 is 10.1 Å². The molecule has 0 aromatic heterocycles. The van der Waals surface area contributed by atoms with Gasteiger partial charge >= 0.3 is 0 Å². The van der Waals surface area contributed by atoms with E-state index in [0.717, 1.165) is 15.5 Å².